The highest BCUT2D eigenvalue weighted by Crippen LogP contribution is 2.13. The van der Waals surface area contributed by atoms with Crippen LogP contribution >= 0.6 is 0 Å². The van der Waals surface area contributed by atoms with Gasteiger partial charge in [-0.25, -0.2) is 0 Å². The van der Waals surface area contributed by atoms with E-state index in [9.17, 15) is 0 Å². The number of benzene rings is 1. The van der Waals surface area contributed by atoms with Crippen molar-refractivity contribution in [3.05, 3.63) is 35.9 Å². The average molecular weight is 405 g/mol. The average Bonchev–Trinajstić information content (AvgIpc) is 2.74. The van der Waals surface area contributed by atoms with E-state index >= 15 is 0 Å². The second-order valence-corrected chi connectivity index (χ2v) is 7.85. The lowest BCUT2D eigenvalue weighted by molar-refractivity contribution is 0.00867. The molecule has 1 aromatic carbocycles. The molecule has 164 valence electrons. The van der Waals surface area contributed by atoms with Crippen LogP contribution in [0.25, 0.3) is 0 Å². The van der Waals surface area contributed by atoms with Gasteiger partial charge in [0.2, 0.25) is 0 Å². The number of nitrogens with one attached hydrogen (secondary N) is 2. The highest BCUT2D eigenvalue weighted by molar-refractivity contribution is 5.79. The monoisotopic (exact) mass is 404 g/mol. The summed E-state index contributed by atoms with van der Waals surface area (Å²) in [6.07, 6.45) is 2.11. The van der Waals surface area contributed by atoms with Crippen LogP contribution in [0.1, 0.15) is 39.2 Å². The van der Waals surface area contributed by atoms with Crippen molar-refractivity contribution in [1.29, 1.82) is 0 Å². The van der Waals surface area contributed by atoms with Crippen LogP contribution in [0.15, 0.2) is 35.3 Å². The van der Waals surface area contributed by atoms with E-state index in [2.05, 4.69) is 48.4 Å². The summed E-state index contributed by atoms with van der Waals surface area (Å²) in [4.78, 5) is 7.38. The summed E-state index contributed by atoms with van der Waals surface area (Å²) >= 11 is 0. The van der Waals surface area contributed by atoms with Crippen molar-refractivity contribution in [2.45, 2.75) is 46.3 Å². The highest BCUT2D eigenvalue weighted by Gasteiger charge is 2.23. The third-order valence-electron chi connectivity index (χ3n) is 5.18. The molecule has 1 heterocycles. The van der Waals surface area contributed by atoms with Gasteiger partial charge in [0, 0.05) is 38.8 Å². The first kappa shape index (κ1) is 23.6. The van der Waals surface area contributed by atoms with Gasteiger partial charge in [0.1, 0.15) is 0 Å². The molecule has 0 aliphatic carbocycles. The SMILES string of the molecule is CCNC(=NCC(C(C)C)N1CCOCC1)NCCCCOCc1ccccc1. The van der Waals surface area contributed by atoms with E-state index in [4.69, 9.17) is 14.5 Å². The standard InChI is InChI=1S/C23H40N4O2/c1-4-24-23(26-18-22(20(2)3)27-13-16-28-17-14-27)25-12-8-9-15-29-19-21-10-6-5-7-11-21/h5-7,10-11,20,22H,4,8-9,12-19H2,1-3H3,(H2,24,25,26). The van der Waals surface area contributed by atoms with Crippen LogP contribution in [0.2, 0.25) is 0 Å². The van der Waals surface area contributed by atoms with Gasteiger partial charge in [-0.1, -0.05) is 44.2 Å². The lowest BCUT2D eigenvalue weighted by atomic mass is 10.0. The zero-order chi connectivity index (χ0) is 20.7. The van der Waals surface area contributed by atoms with Crippen LogP contribution in [0.3, 0.4) is 0 Å². The topological polar surface area (TPSA) is 58.1 Å². The molecule has 1 fully saturated rings. The van der Waals surface area contributed by atoms with E-state index in [1.165, 1.54) is 5.56 Å². The van der Waals surface area contributed by atoms with E-state index < -0.39 is 0 Å². The fraction of sp³-hybridized carbons (Fsp3) is 0.696. The van der Waals surface area contributed by atoms with Crippen molar-refractivity contribution in [1.82, 2.24) is 15.5 Å². The molecule has 6 heteroatoms. The summed E-state index contributed by atoms with van der Waals surface area (Å²) in [6, 6.07) is 10.8. The Hall–Kier alpha value is -1.63. The van der Waals surface area contributed by atoms with Crippen LogP contribution in [-0.2, 0) is 16.1 Å². The molecule has 1 atom stereocenters. The maximum atomic E-state index is 5.76. The number of nitrogens with zero attached hydrogens (tertiary/aromatic N) is 2. The van der Waals surface area contributed by atoms with Crippen LogP contribution in [0.5, 0.6) is 0 Å². The van der Waals surface area contributed by atoms with Crippen molar-refractivity contribution in [2.75, 3.05) is 52.5 Å². The van der Waals surface area contributed by atoms with E-state index in [0.717, 1.165) is 71.3 Å². The Morgan fingerprint density at radius 1 is 1.14 bits per heavy atom. The van der Waals surface area contributed by atoms with E-state index in [1.807, 2.05) is 18.2 Å². The predicted octanol–water partition coefficient (Wildman–Crippen LogP) is 2.90. The molecule has 0 spiro atoms. The number of morpholine rings is 1. The second kappa shape index (κ2) is 14.4. The van der Waals surface area contributed by atoms with Crippen molar-refractivity contribution in [3.63, 3.8) is 0 Å². The van der Waals surface area contributed by atoms with Gasteiger partial charge in [0.25, 0.3) is 0 Å². The van der Waals surface area contributed by atoms with Gasteiger partial charge in [-0.2, -0.15) is 0 Å². The van der Waals surface area contributed by atoms with Crippen LogP contribution in [-0.4, -0.2) is 69.4 Å². The van der Waals surface area contributed by atoms with Crippen molar-refractivity contribution in [2.24, 2.45) is 10.9 Å². The molecule has 1 aromatic rings. The normalized spacial score (nSPS) is 16.8. The Bertz CT molecular complexity index is 559. The number of ether oxygens (including phenoxy) is 2. The number of unbranched alkanes of at least 4 members (excludes halogenated alkanes) is 1. The first-order valence-electron chi connectivity index (χ1n) is 11.2. The zero-order valence-corrected chi connectivity index (χ0v) is 18.5. The predicted molar refractivity (Wildman–Crippen MR) is 120 cm³/mol. The highest BCUT2D eigenvalue weighted by atomic mass is 16.5. The van der Waals surface area contributed by atoms with Gasteiger partial charge in [-0.05, 0) is 31.2 Å². The minimum absolute atomic E-state index is 0.459. The summed E-state index contributed by atoms with van der Waals surface area (Å²) in [7, 11) is 0. The molecule has 2 rings (SSSR count). The molecule has 2 N–H and O–H groups in total. The van der Waals surface area contributed by atoms with E-state index in [1.54, 1.807) is 0 Å². The molecule has 29 heavy (non-hydrogen) atoms. The number of rotatable bonds is 12. The lowest BCUT2D eigenvalue weighted by Crippen LogP contribution is -2.48. The van der Waals surface area contributed by atoms with Crippen molar-refractivity contribution in [3.8, 4) is 0 Å². The Balaban J connectivity index is 1.66. The molecule has 0 bridgehead atoms. The summed E-state index contributed by atoms with van der Waals surface area (Å²) in [5, 5.41) is 6.83. The molecular formula is C23H40N4O2. The van der Waals surface area contributed by atoms with E-state index in [0.29, 0.717) is 18.6 Å². The maximum Gasteiger partial charge on any atom is 0.191 e. The molecule has 1 unspecified atom stereocenters. The first-order valence-corrected chi connectivity index (χ1v) is 11.2. The van der Waals surface area contributed by atoms with Crippen LogP contribution in [0.4, 0.5) is 0 Å². The minimum atomic E-state index is 0.459. The molecule has 0 amide bonds. The van der Waals surface area contributed by atoms with Gasteiger partial charge < -0.3 is 20.1 Å². The molecule has 1 aliphatic heterocycles. The van der Waals surface area contributed by atoms with Gasteiger partial charge in [-0.15, -0.1) is 0 Å². The maximum absolute atomic E-state index is 5.76. The number of hydrogen-bond acceptors (Lipinski definition) is 4. The molecule has 0 aromatic heterocycles. The molecular weight excluding hydrogens is 364 g/mol. The Morgan fingerprint density at radius 2 is 1.90 bits per heavy atom. The summed E-state index contributed by atoms with van der Waals surface area (Å²) < 4.78 is 11.3. The zero-order valence-electron chi connectivity index (χ0n) is 18.5. The van der Waals surface area contributed by atoms with Crippen LogP contribution < -0.4 is 10.6 Å². The summed E-state index contributed by atoms with van der Waals surface area (Å²) in [5.41, 5.74) is 1.23. The smallest absolute Gasteiger partial charge is 0.191 e. The second-order valence-electron chi connectivity index (χ2n) is 7.85. The van der Waals surface area contributed by atoms with Gasteiger partial charge in [0.05, 0.1) is 26.4 Å². The number of aliphatic imine (C=N–C) groups is 1. The number of hydrogen-bond donors (Lipinski definition) is 2. The fourth-order valence-electron chi connectivity index (χ4n) is 3.48. The molecule has 0 radical (unpaired) electrons. The van der Waals surface area contributed by atoms with Gasteiger partial charge >= 0.3 is 0 Å². The number of guanidine groups is 1. The molecule has 1 saturated heterocycles. The van der Waals surface area contributed by atoms with Gasteiger partial charge in [-0.3, -0.25) is 9.89 Å². The minimum Gasteiger partial charge on any atom is -0.379 e. The van der Waals surface area contributed by atoms with Crippen LogP contribution in [0, 0.1) is 5.92 Å². The Kier molecular flexibility index (Phi) is 11.7. The van der Waals surface area contributed by atoms with Crippen molar-refractivity contribution < 1.29 is 9.47 Å². The van der Waals surface area contributed by atoms with Crippen molar-refractivity contribution >= 4 is 5.96 Å². The Labute approximate surface area is 177 Å². The largest absolute Gasteiger partial charge is 0.379 e. The Morgan fingerprint density at radius 3 is 2.59 bits per heavy atom. The third kappa shape index (κ3) is 9.61. The van der Waals surface area contributed by atoms with E-state index in [-0.39, 0.29) is 0 Å². The third-order valence-corrected chi connectivity index (χ3v) is 5.18. The summed E-state index contributed by atoms with van der Waals surface area (Å²) in [6.45, 7) is 14.4. The first-order chi connectivity index (χ1) is 14.2. The summed E-state index contributed by atoms with van der Waals surface area (Å²) in [5.74, 6) is 1.48. The fourth-order valence-corrected chi connectivity index (χ4v) is 3.48. The molecule has 0 saturated carbocycles. The van der Waals surface area contributed by atoms with Gasteiger partial charge in [0.15, 0.2) is 5.96 Å². The molecule has 6 nitrogen and oxygen atoms in total. The lowest BCUT2D eigenvalue weighted by Gasteiger charge is -2.36. The molecule has 1 aliphatic rings. The quantitative estimate of drug-likeness (QED) is 0.319.